The number of carboxylic acids is 8. The molecule has 22 nitrogen and oxygen atoms in total. The van der Waals surface area contributed by atoms with E-state index in [9.17, 15) is 119 Å². The van der Waals surface area contributed by atoms with Gasteiger partial charge in [0.05, 0.1) is 45.3 Å². The van der Waals surface area contributed by atoms with Crippen molar-refractivity contribution in [2.45, 2.75) is 13.8 Å². The Morgan fingerprint density at radius 3 is 1.11 bits per heavy atom. The summed E-state index contributed by atoms with van der Waals surface area (Å²) in [5, 5.41) is 134. The Labute approximate surface area is 491 Å². The van der Waals surface area contributed by atoms with E-state index in [-0.39, 0.29) is 16.7 Å². The van der Waals surface area contributed by atoms with Crippen LogP contribution < -0.4 is 40.9 Å². The van der Waals surface area contributed by atoms with Crippen molar-refractivity contribution in [1.29, 1.82) is 0 Å². The number of rotatable bonds is 8. The molecule has 89 heavy (non-hydrogen) atoms. The van der Waals surface area contributed by atoms with Gasteiger partial charge in [-0.3, -0.25) is 0 Å². The molecule has 0 spiro atoms. The molecule has 0 aliphatic heterocycles. The summed E-state index contributed by atoms with van der Waals surface area (Å²) in [6, 6.07) is 26.6. The summed E-state index contributed by atoms with van der Waals surface area (Å²) < 4.78 is 111. The van der Waals surface area contributed by atoms with Crippen molar-refractivity contribution in [2.75, 3.05) is 0 Å². The van der Waals surface area contributed by atoms with Gasteiger partial charge in [-0.1, -0.05) is 118 Å². The molecule has 8 rings (SSSR count). The molecule has 0 bridgehead atoms. The smallest absolute Gasteiger partial charge is 0.338 e. The van der Waals surface area contributed by atoms with E-state index < -0.39 is 162 Å². The van der Waals surface area contributed by atoms with Gasteiger partial charge in [0, 0.05) is 0 Å². The summed E-state index contributed by atoms with van der Waals surface area (Å²) in [7, 11) is 0. The van der Waals surface area contributed by atoms with Gasteiger partial charge in [-0.05, 0) is 91.7 Å². The van der Waals surface area contributed by atoms with Crippen LogP contribution >= 0.6 is 0 Å². The molecule has 0 aliphatic rings. The molecule has 8 aromatic rings. The van der Waals surface area contributed by atoms with Crippen molar-refractivity contribution in [3.8, 4) is 34.5 Å². The average Bonchev–Trinajstić information content (AvgIpc) is 2.02. The minimum atomic E-state index is -2.32. The zero-order chi connectivity index (χ0) is 68.3. The van der Waals surface area contributed by atoms with E-state index in [4.69, 9.17) is 30.6 Å². The number of para-hydroxylation sites is 1. The maximum atomic E-state index is 12.6. The van der Waals surface area contributed by atoms with Crippen molar-refractivity contribution >= 4 is 47.8 Å². The standard InChI is InChI=1S/C8H8O3.C8H8O2.C7H2F4O3.4C7H5FO3.C7H5FO2/c1-5-2-3-6(8(10)11)7(9)4-5;1-6-2-4-7(5-3-6)8(9)10;8-2-1(7(13)14)6(12)5(11)4(10)3(2)9;8-4-1-2-6(9)5(3-4)7(10)11;8-4-1-2-5(7(10)11)6(9)3-4;8-4-2-1-3-5(9)6(4)7(10)11;8-5-3-1-2-4(6(5)9)7(10)11;8-6-3-1-5(2-4-6)7(9)10/h2-4,9H,1H3,(H,10,11);2-5H,1H3,(H,9,10);12H,(H,13,14);4*1-3,9H,(H,10,11);1-4H,(H,9,10)/p-8. The van der Waals surface area contributed by atoms with Gasteiger partial charge in [0.15, 0.2) is 23.3 Å². The highest BCUT2D eigenvalue weighted by Crippen LogP contribution is 2.27. The lowest BCUT2D eigenvalue weighted by Gasteiger charge is -2.13. The normalized spacial score (nSPS) is 9.61. The lowest BCUT2D eigenvalue weighted by atomic mass is 10.1. The second-order valence-corrected chi connectivity index (χ2v) is 16.2. The molecule has 8 aromatic carbocycles. The molecule has 0 amide bonds. The first-order valence-corrected chi connectivity index (χ1v) is 23.2. The van der Waals surface area contributed by atoms with Crippen LogP contribution in [0, 0.1) is 66.2 Å². The minimum Gasteiger partial charge on any atom is -0.872 e. The van der Waals surface area contributed by atoms with Crippen molar-refractivity contribution in [1.82, 2.24) is 0 Å². The van der Waals surface area contributed by atoms with Gasteiger partial charge in [-0.25, -0.2) is 68.3 Å². The van der Waals surface area contributed by atoms with Gasteiger partial charge in [0.1, 0.15) is 29.1 Å². The zero-order valence-corrected chi connectivity index (χ0v) is 44.4. The van der Waals surface area contributed by atoms with E-state index in [0.29, 0.717) is 12.1 Å². The second-order valence-electron chi connectivity index (χ2n) is 16.2. The van der Waals surface area contributed by atoms with E-state index in [1.54, 1.807) is 25.1 Å². The van der Waals surface area contributed by atoms with Gasteiger partial charge in [0.25, 0.3) is 0 Å². The number of halogens is 9. The minimum absolute atomic E-state index is 0.0126. The van der Waals surface area contributed by atoms with E-state index in [1.807, 2.05) is 6.92 Å². The van der Waals surface area contributed by atoms with Crippen LogP contribution in [-0.4, -0.2) is 78.4 Å². The molecular formula is C58H35F9O22-8. The highest BCUT2D eigenvalue weighted by Gasteiger charge is 2.24. The van der Waals surface area contributed by atoms with E-state index in [0.717, 1.165) is 83.9 Å². The van der Waals surface area contributed by atoms with Crippen LogP contribution in [0.1, 0.15) is 94.0 Å². The van der Waals surface area contributed by atoms with Crippen molar-refractivity contribution in [3.05, 3.63) is 248 Å². The van der Waals surface area contributed by atoms with E-state index in [2.05, 4.69) is 0 Å². The van der Waals surface area contributed by atoms with Crippen molar-refractivity contribution in [3.63, 3.8) is 0 Å². The predicted octanol–water partition coefficient (Wildman–Crippen LogP) is 4.72. The quantitative estimate of drug-likeness (QED) is 0.0681. The third-order valence-corrected chi connectivity index (χ3v) is 9.91. The molecule has 6 N–H and O–H groups in total. The molecule has 0 saturated carbocycles. The fourth-order valence-corrected chi connectivity index (χ4v) is 5.62. The third-order valence-electron chi connectivity index (χ3n) is 9.91. The van der Waals surface area contributed by atoms with Crippen molar-refractivity contribution in [2.24, 2.45) is 0 Å². The Morgan fingerprint density at radius 1 is 0.315 bits per heavy atom. The number of carbonyl (C=O) groups excluding carboxylic acids is 2. The molecule has 0 saturated heterocycles. The number of aryl methyl sites for hydroxylation is 2. The van der Waals surface area contributed by atoms with Crippen LogP contribution in [0.15, 0.2) is 140 Å². The van der Waals surface area contributed by atoms with Gasteiger partial charge < -0.3 is 81.1 Å². The molecule has 0 radical (unpaired) electrons. The Morgan fingerprint density at radius 2 is 0.708 bits per heavy atom. The molecule has 0 fully saturated rings. The Kier molecular flexibility index (Phi) is 29.5. The fraction of sp³-hybridized carbons (Fsp3) is 0.0345. The van der Waals surface area contributed by atoms with Gasteiger partial charge in [-0.2, -0.15) is 0 Å². The fourth-order valence-electron chi connectivity index (χ4n) is 5.62. The molecule has 0 heterocycles. The lowest BCUT2D eigenvalue weighted by Crippen LogP contribution is -2.21. The SMILES string of the molecule is Cc1ccc(C(=O)O)c([O-])c1.Cc1ccc(C(=O)[O-])cc1.O=C(O)c1c([O-])c(F)c(F)c(F)c1F.O=C(O)c1c([O-])cccc1F.O=C(O)c1cc(F)ccc1[O-].O=C(O)c1ccc(F)cc1[O-].O=C(O)c1cccc(F)c1[O-].O=C([O-])c1ccc(F)cc1. The van der Waals surface area contributed by atoms with Crippen LogP contribution in [-0.2, 0) is 0 Å². The number of aromatic carboxylic acids is 8. The maximum absolute atomic E-state index is 12.6. The summed E-state index contributed by atoms with van der Waals surface area (Å²) in [4.78, 5) is 81.6. The average molecular weight is 1250 g/mol. The van der Waals surface area contributed by atoms with Crippen LogP contribution in [0.2, 0.25) is 0 Å². The largest absolute Gasteiger partial charge is 0.872 e. The first-order valence-electron chi connectivity index (χ1n) is 23.2. The zero-order valence-electron chi connectivity index (χ0n) is 44.4. The summed E-state index contributed by atoms with van der Waals surface area (Å²) in [5.41, 5.74) is -2.16. The molecule has 31 heteroatoms. The lowest BCUT2D eigenvalue weighted by molar-refractivity contribution is -0.274. The van der Waals surface area contributed by atoms with Crippen LogP contribution in [0.25, 0.3) is 0 Å². The summed E-state index contributed by atoms with van der Waals surface area (Å²) >= 11 is 0. The monoisotopic (exact) mass is 1250 g/mol. The van der Waals surface area contributed by atoms with Crippen LogP contribution in [0.3, 0.4) is 0 Å². The Hall–Kier alpha value is -12.3. The number of benzene rings is 8. The van der Waals surface area contributed by atoms with Gasteiger partial charge in [0.2, 0.25) is 0 Å². The number of hydrogen-bond acceptors (Lipinski definition) is 16. The highest BCUT2D eigenvalue weighted by atomic mass is 19.2. The molecule has 470 valence electrons. The van der Waals surface area contributed by atoms with Gasteiger partial charge in [-0.15, -0.1) is 0 Å². The van der Waals surface area contributed by atoms with E-state index in [1.165, 1.54) is 36.4 Å². The van der Waals surface area contributed by atoms with Crippen LogP contribution in [0.5, 0.6) is 34.5 Å². The second kappa shape index (κ2) is 35.1. The summed E-state index contributed by atoms with van der Waals surface area (Å²) in [6.07, 6.45) is 0. The summed E-state index contributed by atoms with van der Waals surface area (Å²) in [6.45, 7) is 3.64. The molecular weight excluding hydrogens is 1220 g/mol. The molecule has 0 aliphatic carbocycles. The van der Waals surface area contributed by atoms with E-state index >= 15 is 0 Å². The Bertz CT molecular complexity index is 3680. The third kappa shape index (κ3) is 24.1. The number of carbonyl (C=O) groups is 8. The predicted molar refractivity (Wildman–Crippen MR) is 268 cm³/mol. The molecule has 0 unspecified atom stereocenters. The molecule has 0 aromatic heterocycles. The molecule has 0 atom stereocenters. The van der Waals surface area contributed by atoms with Crippen LogP contribution in [0.4, 0.5) is 39.5 Å². The van der Waals surface area contributed by atoms with Crippen molar-refractivity contribution < 1.29 is 149 Å². The highest BCUT2D eigenvalue weighted by molar-refractivity contribution is 5.93. The Balaban J connectivity index is 0.000000510. The topological polar surface area (TPSA) is 442 Å². The summed E-state index contributed by atoms with van der Waals surface area (Å²) in [5.74, 6) is -30.3. The number of carboxylic acid groups (broad SMARTS) is 8. The first kappa shape index (κ1) is 74.7. The maximum Gasteiger partial charge on any atom is 0.338 e. The number of hydrogen-bond donors (Lipinski definition) is 6. The first-order chi connectivity index (χ1) is 41.4. The van der Waals surface area contributed by atoms with Gasteiger partial charge >= 0.3 is 35.8 Å².